The minimum atomic E-state index is -5.04. The third kappa shape index (κ3) is 5.62. The average molecular weight is 463 g/mol. The van der Waals surface area contributed by atoms with Gasteiger partial charge in [-0.3, -0.25) is 0 Å². The van der Waals surface area contributed by atoms with Gasteiger partial charge in [-0.2, -0.15) is 26.3 Å². The number of carbonyl (C=O) groups excluding carboxylic acids is 1. The van der Waals surface area contributed by atoms with Crippen LogP contribution in [0.15, 0.2) is 36.4 Å². The largest absolute Gasteiger partial charge is 0.416 e. The minimum Gasteiger partial charge on any atom is -0.333 e. The van der Waals surface area contributed by atoms with Crippen molar-refractivity contribution < 1.29 is 31.1 Å². The summed E-state index contributed by atoms with van der Waals surface area (Å²) < 4.78 is 77.8. The number of amides is 2. The van der Waals surface area contributed by atoms with Crippen molar-refractivity contribution in [1.82, 2.24) is 5.32 Å². The number of hydrogen-bond donors (Lipinski definition) is 2. The van der Waals surface area contributed by atoms with Crippen LogP contribution in [-0.4, -0.2) is 6.03 Å². The van der Waals surface area contributed by atoms with Crippen molar-refractivity contribution in [2.45, 2.75) is 18.9 Å². The molecule has 0 radical (unpaired) electrons. The maximum atomic E-state index is 12.9. The summed E-state index contributed by atoms with van der Waals surface area (Å²) in [6.45, 7) is -0.113. The first-order chi connectivity index (χ1) is 12.8. The molecular weight excluding hydrogens is 453 g/mol. The van der Waals surface area contributed by atoms with Gasteiger partial charge >= 0.3 is 18.4 Å². The van der Waals surface area contributed by atoms with E-state index in [1.54, 1.807) is 0 Å². The average Bonchev–Trinajstić information content (AvgIpc) is 2.60. The molecule has 0 spiro atoms. The lowest BCUT2D eigenvalue weighted by Gasteiger charge is -2.20. The van der Waals surface area contributed by atoms with E-state index in [2.05, 4.69) is 18.1 Å². The fraction of sp³-hybridized carbons (Fsp3) is 0.188. The molecule has 0 bridgehead atoms. The molecule has 0 aliphatic carbocycles. The Balaban J connectivity index is 2.25. The van der Waals surface area contributed by atoms with E-state index in [0.717, 1.165) is 0 Å². The Morgan fingerprint density at radius 3 is 1.93 bits per heavy atom. The van der Waals surface area contributed by atoms with Crippen molar-refractivity contribution in [3.63, 3.8) is 0 Å². The molecule has 12 heteroatoms. The Morgan fingerprint density at radius 1 is 0.929 bits per heavy atom. The maximum Gasteiger partial charge on any atom is 0.416 e. The third-order valence-electron chi connectivity index (χ3n) is 3.44. The van der Waals surface area contributed by atoms with Gasteiger partial charge in [0.05, 0.1) is 26.9 Å². The quantitative estimate of drug-likeness (QED) is 0.391. The number of nitrogens with one attached hydrogen (secondary N) is 1. The Morgan fingerprint density at radius 2 is 1.46 bits per heavy atom. The molecule has 0 aliphatic rings. The van der Waals surface area contributed by atoms with Crippen LogP contribution in [0.2, 0.25) is 10.0 Å². The second kappa shape index (κ2) is 8.30. The fourth-order valence-electron chi connectivity index (χ4n) is 2.08. The van der Waals surface area contributed by atoms with Crippen LogP contribution in [0.3, 0.4) is 0 Å². The molecule has 2 aromatic carbocycles. The number of hydrogen-bond acceptors (Lipinski definition) is 2. The summed E-state index contributed by atoms with van der Waals surface area (Å²) in [5, 5.41) is 2.79. The number of thiol groups is 1. The van der Waals surface area contributed by atoms with Gasteiger partial charge in [-0.15, -0.1) is 0 Å². The number of nitrogens with zero attached hydrogens (tertiary/aromatic N) is 1. The molecular formula is C16H10Cl2F6N2OS. The van der Waals surface area contributed by atoms with Crippen molar-refractivity contribution in [3.05, 3.63) is 63.1 Å². The lowest BCUT2D eigenvalue weighted by molar-refractivity contribution is -0.143. The monoisotopic (exact) mass is 462 g/mol. The van der Waals surface area contributed by atoms with E-state index >= 15 is 0 Å². The number of urea groups is 1. The van der Waals surface area contributed by atoms with Crippen LogP contribution in [0.4, 0.5) is 36.8 Å². The normalized spacial score (nSPS) is 12.0. The first kappa shape index (κ1) is 22.5. The molecule has 0 atom stereocenters. The molecule has 2 amide bonds. The van der Waals surface area contributed by atoms with Crippen molar-refractivity contribution in [2.24, 2.45) is 0 Å². The summed E-state index contributed by atoms with van der Waals surface area (Å²) in [5.74, 6) is 0. The second-order valence-electron chi connectivity index (χ2n) is 5.48. The van der Waals surface area contributed by atoms with E-state index in [9.17, 15) is 31.1 Å². The Kier molecular flexibility index (Phi) is 6.67. The Bertz CT molecular complexity index is 856. The SMILES string of the molecule is O=C(NCc1ccc(Cl)c(Cl)c1)N(S)c1cc(C(F)(F)F)cc(C(F)(F)F)c1. The van der Waals surface area contributed by atoms with E-state index in [4.69, 9.17) is 23.2 Å². The smallest absolute Gasteiger partial charge is 0.333 e. The molecule has 28 heavy (non-hydrogen) atoms. The summed E-state index contributed by atoms with van der Waals surface area (Å²) >= 11 is 15.3. The summed E-state index contributed by atoms with van der Waals surface area (Å²) in [6, 6.07) is 4.14. The zero-order chi connectivity index (χ0) is 21.3. The molecule has 0 aromatic heterocycles. The van der Waals surface area contributed by atoms with Gasteiger partial charge in [-0.05, 0) is 35.9 Å². The first-order valence-electron chi connectivity index (χ1n) is 7.29. The molecule has 0 saturated carbocycles. The zero-order valence-electron chi connectivity index (χ0n) is 13.5. The standard InChI is InChI=1S/C16H10Cl2F6N2OS/c17-12-2-1-8(3-13(12)18)7-25-14(27)26(28)11-5-9(15(19,20)21)4-10(6-11)16(22,23)24/h1-6,28H,7H2,(H,25,27). The van der Waals surface area contributed by atoms with E-state index in [0.29, 0.717) is 22.0 Å². The highest BCUT2D eigenvalue weighted by molar-refractivity contribution is 7.82. The third-order valence-corrected chi connectivity index (χ3v) is 4.59. The van der Waals surface area contributed by atoms with Crippen LogP contribution in [0.25, 0.3) is 0 Å². The zero-order valence-corrected chi connectivity index (χ0v) is 15.9. The molecule has 0 unspecified atom stereocenters. The topological polar surface area (TPSA) is 32.3 Å². The van der Waals surface area contributed by atoms with Gasteiger partial charge in [0.25, 0.3) is 0 Å². The summed E-state index contributed by atoms with van der Waals surface area (Å²) in [7, 11) is 0. The molecule has 152 valence electrons. The van der Waals surface area contributed by atoms with E-state index in [1.807, 2.05) is 0 Å². The predicted octanol–water partition coefficient (Wildman–Crippen LogP) is 6.59. The van der Waals surface area contributed by atoms with Crippen LogP contribution < -0.4 is 9.62 Å². The molecule has 0 fully saturated rings. The van der Waals surface area contributed by atoms with Crippen molar-refractivity contribution in [3.8, 4) is 0 Å². The van der Waals surface area contributed by atoms with Crippen LogP contribution in [-0.2, 0) is 18.9 Å². The van der Waals surface area contributed by atoms with Gasteiger partial charge in [0.2, 0.25) is 0 Å². The van der Waals surface area contributed by atoms with Gasteiger partial charge < -0.3 is 5.32 Å². The molecule has 2 aromatic rings. The van der Waals surface area contributed by atoms with Gasteiger partial charge in [0, 0.05) is 6.54 Å². The molecule has 1 N–H and O–H groups in total. The van der Waals surface area contributed by atoms with E-state index < -0.39 is 35.2 Å². The van der Waals surface area contributed by atoms with Gasteiger partial charge in [-0.1, -0.05) is 42.1 Å². The predicted molar refractivity (Wildman–Crippen MR) is 96.6 cm³/mol. The molecule has 2 rings (SSSR count). The minimum absolute atomic E-state index is 0.0429. The van der Waals surface area contributed by atoms with Crippen LogP contribution in [0.1, 0.15) is 16.7 Å². The highest BCUT2D eigenvalue weighted by Gasteiger charge is 2.37. The molecule has 3 nitrogen and oxygen atoms in total. The second-order valence-corrected chi connectivity index (χ2v) is 6.70. The van der Waals surface area contributed by atoms with Crippen molar-refractivity contribution in [2.75, 3.05) is 4.31 Å². The number of carbonyl (C=O) groups is 1. The number of halogens is 8. The van der Waals surface area contributed by atoms with E-state index in [-0.39, 0.29) is 22.7 Å². The maximum absolute atomic E-state index is 12.9. The summed E-state index contributed by atoms with van der Waals surface area (Å²) in [6.07, 6.45) is -10.1. The summed E-state index contributed by atoms with van der Waals surface area (Å²) in [4.78, 5) is 12.1. The van der Waals surface area contributed by atoms with Crippen molar-refractivity contribution >= 4 is 47.7 Å². The number of benzene rings is 2. The van der Waals surface area contributed by atoms with E-state index in [1.165, 1.54) is 18.2 Å². The van der Waals surface area contributed by atoms with Gasteiger partial charge in [-0.25, -0.2) is 9.10 Å². The number of alkyl halides is 6. The highest BCUT2D eigenvalue weighted by Crippen LogP contribution is 2.38. The Labute approximate surface area is 170 Å². The van der Waals surface area contributed by atoms with Gasteiger partial charge in [0.1, 0.15) is 0 Å². The first-order valence-corrected chi connectivity index (χ1v) is 8.45. The lowest BCUT2D eigenvalue weighted by Crippen LogP contribution is -2.33. The molecule has 0 heterocycles. The fourth-order valence-corrected chi connectivity index (χ4v) is 2.59. The van der Waals surface area contributed by atoms with Crippen LogP contribution in [0.5, 0.6) is 0 Å². The molecule has 0 saturated heterocycles. The van der Waals surface area contributed by atoms with Crippen LogP contribution in [0, 0.1) is 0 Å². The lowest BCUT2D eigenvalue weighted by atomic mass is 10.1. The van der Waals surface area contributed by atoms with Crippen molar-refractivity contribution in [1.29, 1.82) is 0 Å². The summed E-state index contributed by atoms with van der Waals surface area (Å²) in [5.41, 5.74) is -3.32. The van der Waals surface area contributed by atoms with Crippen LogP contribution >= 0.6 is 36.0 Å². The number of anilines is 1. The number of rotatable bonds is 3. The highest BCUT2D eigenvalue weighted by atomic mass is 35.5. The molecule has 0 aliphatic heterocycles. The van der Waals surface area contributed by atoms with Gasteiger partial charge in [0.15, 0.2) is 0 Å². The Hall–Kier alpha value is -1.78.